The van der Waals surface area contributed by atoms with Crippen molar-refractivity contribution in [3.63, 3.8) is 0 Å². The van der Waals surface area contributed by atoms with Crippen LogP contribution in [0.1, 0.15) is 31.7 Å². The molecule has 0 aliphatic carbocycles. The average Bonchev–Trinajstić information content (AvgIpc) is 2.50. The second-order valence-electron chi connectivity index (χ2n) is 5.61. The van der Waals surface area contributed by atoms with E-state index in [1.165, 1.54) is 24.8 Å². The van der Waals surface area contributed by atoms with Crippen molar-refractivity contribution >= 4 is 17.2 Å². The molecule has 1 aromatic rings. The molecular weight excluding hydrogens is 276 g/mol. The van der Waals surface area contributed by atoms with Gasteiger partial charge in [0.05, 0.1) is 5.69 Å². The fourth-order valence-electron chi connectivity index (χ4n) is 2.63. The standard InChI is InChI=1S/C16H22N6/c1-12-5-2-3-8-22(12)11-13-6-4-7-14(9-13)20-21-15(10-17)16(18)19/h4,6-7,9,12,20H,2-3,5,8,11H2,1H3,(H3,18,19)/b21-15+. The fraction of sp³-hybridized carbons (Fsp3) is 0.438. The lowest BCUT2D eigenvalue weighted by atomic mass is 10.0. The van der Waals surface area contributed by atoms with Crippen LogP contribution in [0.5, 0.6) is 0 Å². The Balaban J connectivity index is 2.04. The van der Waals surface area contributed by atoms with Crippen molar-refractivity contribution < 1.29 is 0 Å². The van der Waals surface area contributed by atoms with E-state index < -0.39 is 0 Å². The predicted octanol–water partition coefficient (Wildman–Crippen LogP) is 2.29. The van der Waals surface area contributed by atoms with Crippen molar-refractivity contribution in [3.8, 4) is 6.07 Å². The van der Waals surface area contributed by atoms with E-state index in [9.17, 15) is 0 Å². The molecule has 2 rings (SSSR count). The maximum atomic E-state index is 8.83. The number of hydrogen-bond donors (Lipinski definition) is 3. The summed E-state index contributed by atoms with van der Waals surface area (Å²) >= 11 is 0. The van der Waals surface area contributed by atoms with E-state index in [2.05, 4.69) is 28.4 Å². The summed E-state index contributed by atoms with van der Waals surface area (Å²) in [6.45, 7) is 4.33. The minimum atomic E-state index is -0.340. The molecule has 1 heterocycles. The second-order valence-corrected chi connectivity index (χ2v) is 5.61. The van der Waals surface area contributed by atoms with E-state index in [4.69, 9.17) is 16.4 Å². The van der Waals surface area contributed by atoms with Crippen LogP contribution in [0.25, 0.3) is 0 Å². The van der Waals surface area contributed by atoms with Crippen LogP contribution in [0.15, 0.2) is 29.4 Å². The zero-order valence-corrected chi connectivity index (χ0v) is 12.8. The number of anilines is 1. The minimum absolute atomic E-state index is 0.116. The number of nitrogens with two attached hydrogens (primary N) is 1. The largest absolute Gasteiger partial charge is 0.382 e. The Morgan fingerprint density at radius 3 is 3.05 bits per heavy atom. The van der Waals surface area contributed by atoms with E-state index in [0.717, 1.165) is 18.8 Å². The zero-order chi connectivity index (χ0) is 15.9. The molecule has 6 nitrogen and oxygen atoms in total. The maximum absolute atomic E-state index is 8.83. The Hall–Kier alpha value is -2.39. The highest BCUT2D eigenvalue weighted by molar-refractivity contribution is 6.45. The number of hydrazone groups is 1. The van der Waals surface area contributed by atoms with E-state index in [1.54, 1.807) is 6.07 Å². The van der Waals surface area contributed by atoms with Crippen molar-refractivity contribution in [1.29, 1.82) is 10.7 Å². The molecule has 0 spiro atoms. The van der Waals surface area contributed by atoms with Crippen molar-refractivity contribution in [2.75, 3.05) is 12.0 Å². The van der Waals surface area contributed by atoms with Crippen LogP contribution in [0.4, 0.5) is 5.69 Å². The van der Waals surface area contributed by atoms with E-state index in [1.807, 2.05) is 18.2 Å². The van der Waals surface area contributed by atoms with Gasteiger partial charge < -0.3 is 5.73 Å². The first-order valence-electron chi connectivity index (χ1n) is 7.51. The number of nitrogens with one attached hydrogen (secondary N) is 2. The highest BCUT2D eigenvalue weighted by Crippen LogP contribution is 2.20. The molecule has 0 amide bonds. The van der Waals surface area contributed by atoms with Gasteiger partial charge in [-0.25, -0.2) is 0 Å². The number of hydrogen-bond acceptors (Lipinski definition) is 5. The van der Waals surface area contributed by atoms with Crippen molar-refractivity contribution in [3.05, 3.63) is 29.8 Å². The highest BCUT2D eigenvalue weighted by Gasteiger charge is 2.18. The van der Waals surface area contributed by atoms with Crippen molar-refractivity contribution in [2.45, 2.75) is 38.8 Å². The summed E-state index contributed by atoms with van der Waals surface area (Å²) in [5, 5.41) is 19.9. The average molecular weight is 298 g/mol. The maximum Gasteiger partial charge on any atom is 0.201 e. The van der Waals surface area contributed by atoms with Crippen LogP contribution in [-0.2, 0) is 6.54 Å². The quantitative estimate of drug-likeness (QED) is 0.441. The van der Waals surface area contributed by atoms with Crippen LogP contribution in [0, 0.1) is 16.7 Å². The van der Waals surface area contributed by atoms with E-state index in [0.29, 0.717) is 6.04 Å². The lowest BCUT2D eigenvalue weighted by Gasteiger charge is -2.33. The Bertz CT molecular complexity index is 601. The zero-order valence-electron chi connectivity index (χ0n) is 12.8. The van der Waals surface area contributed by atoms with E-state index >= 15 is 0 Å². The Morgan fingerprint density at radius 2 is 2.36 bits per heavy atom. The summed E-state index contributed by atoms with van der Waals surface area (Å²) in [7, 11) is 0. The molecule has 4 N–H and O–H groups in total. The summed E-state index contributed by atoms with van der Waals surface area (Å²) < 4.78 is 0. The molecule has 1 saturated heterocycles. The smallest absolute Gasteiger partial charge is 0.201 e. The second kappa shape index (κ2) is 7.57. The number of nitriles is 1. The number of rotatable bonds is 5. The van der Waals surface area contributed by atoms with Gasteiger partial charge in [0.1, 0.15) is 6.07 Å². The van der Waals surface area contributed by atoms with Gasteiger partial charge in [0.25, 0.3) is 0 Å². The third kappa shape index (κ3) is 4.30. The summed E-state index contributed by atoms with van der Waals surface area (Å²) in [4.78, 5) is 2.49. The topological polar surface area (TPSA) is 101 Å². The van der Waals surface area contributed by atoms with Gasteiger partial charge in [0, 0.05) is 12.6 Å². The lowest BCUT2D eigenvalue weighted by molar-refractivity contribution is 0.152. The number of likely N-dealkylation sites (tertiary alicyclic amines) is 1. The third-order valence-electron chi connectivity index (χ3n) is 3.91. The molecule has 22 heavy (non-hydrogen) atoms. The van der Waals surface area contributed by atoms with Crippen LogP contribution >= 0.6 is 0 Å². The molecule has 0 saturated carbocycles. The van der Waals surface area contributed by atoms with Crippen LogP contribution in [0.2, 0.25) is 0 Å². The van der Waals surface area contributed by atoms with Gasteiger partial charge in [-0.15, -0.1) is 0 Å². The number of benzene rings is 1. The molecular formula is C16H22N6. The van der Waals surface area contributed by atoms with Gasteiger partial charge >= 0.3 is 0 Å². The molecule has 1 aliphatic heterocycles. The molecule has 1 aliphatic rings. The van der Waals surface area contributed by atoms with Gasteiger partial charge in [-0.2, -0.15) is 10.4 Å². The number of nitrogens with zero attached hydrogens (tertiary/aromatic N) is 3. The molecule has 116 valence electrons. The van der Waals surface area contributed by atoms with Gasteiger partial charge in [-0.05, 0) is 44.0 Å². The minimum Gasteiger partial charge on any atom is -0.382 e. The van der Waals surface area contributed by atoms with Gasteiger partial charge in [-0.3, -0.25) is 15.7 Å². The molecule has 0 bridgehead atoms. The normalized spacial score (nSPS) is 19.5. The Kier molecular flexibility index (Phi) is 5.50. The molecule has 1 atom stereocenters. The summed E-state index contributed by atoms with van der Waals surface area (Å²) in [6.07, 6.45) is 3.83. The van der Waals surface area contributed by atoms with Crippen LogP contribution < -0.4 is 11.2 Å². The van der Waals surface area contributed by atoms with Crippen molar-refractivity contribution in [2.24, 2.45) is 10.8 Å². The number of amidine groups is 1. The summed E-state index contributed by atoms with van der Waals surface area (Å²) in [5.41, 5.74) is 9.93. The number of piperidine rings is 1. The lowest BCUT2D eigenvalue weighted by Crippen LogP contribution is -2.36. The first kappa shape index (κ1) is 16.0. The van der Waals surface area contributed by atoms with Crippen molar-refractivity contribution in [1.82, 2.24) is 4.90 Å². The first-order chi connectivity index (χ1) is 10.6. The predicted molar refractivity (Wildman–Crippen MR) is 88.7 cm³/mol. The van der Waals surface area contributed by atoms with Crippen LogP contribution in [-0.4, -0.2) is 29.0 Å². The molecule has 6 heteroatoms. The van der Waals surface area contributed by atoms with Gasteiger partial charge in [-0.1, -0.05) is 18.6 Å². The van der Waals surface area contributed by atoms with Gasteiger partial charge in [0.15, 0.2) is 5.84 Å². The Labute approximate surface area is 131 Å². The first-order valence-corrected chi connectivity index (χ1v) is 7.51. The molecule has 0 aromatic heterocycles. The highest BCUT2D eigenvalue weighted by atomic mass is 15.3. The van der Waals surface area contributed by atoms with E-state index in [-0.39, 0.29) is 11.5 Å². The third-order valence-corrected chi connectivity index (χ3v) is 3.91. The van der Waals surface area contributed by atoms with Gasteiger partial charge in [0.2, 0.25) is 5.71 Å². The summed E-state index contributed by atoms with van der Waals surface area (Å²) in [6, 6.07) is 10.3. The molecule has 1 unspecified atom stereocenters. The monoisotopic (exact) mass is 298 g/mol. The molecule has 1 fully saturated rings. The molecule has 0 radical (unpaired) electrons. The SMILES string of the molecule is CC1CCCCN1Cc1cccc(N/N=C(\C#N)C(=N)N)c1. The van der Waals surface area contributed by atoms with Crippen LogP contribution in [0.3, 0.4) is 0 Å². The fourth-order valence-corrected chi connectivity index (χ4v) is 2.63. The Morgan fingerprint density at radius 1 is 1.55 bits per heavy atom. The molecule has 1 aromatic carbocycles. The summed E-state index contributed by atoms with van der Waals surface area (Å²) in [5.74, 6) is -0.340.